The van der Waals surface area contributed by atoms with E-state index < -0.39 is 4.92 Å². The molecular formula is C27H17I2N3O4S. The molecule has 0 aliphatic heterocycles. The molecule has 1 heterocycles. The number of nitro benzene ring substituents is 1. The number of hydrogen-bond donors (Lipinski definition) is 1. The number of thiophene rings is 1. The number of halogens is 2. The summed E-state index contributed by atoms with van der Waals surface area (Å²) in [5, 5.41) is 18.1. The fourth-order valence-electron chi connectivity index (χ4n) is 3.75. The second-order valence-electron chi connectivity index (χ2n) is 8.07. The van der Waals surface area contributed by atoms with E-state index in [9.17, 15) is 14.9 Å². The van der Waals surface area contributed by atoms with Crippen LogP contribution in [0.1, 0.15) is 20.8 Å². The number of amides is 1. The van der Waals surface area contributed by atoms with Crippen LogP contribution in [0, 0.1) is 17.3 Å². The van der Waals surface area contributed by atoms with Gasteiger partial charge >= 0.3 is 0 Å². The predicted molar refractivity (Wildman–Crippen MR) is 164 cm³/mol. The molecule has 37 heavy (non-hydrogen) atoms. The standard InChI is InChI=1S/C27H17I2N3O4S/c28-22-10-17(11-23(29)26(22)36-15-16-5-6-18-3-1-2-4-19(18)9-16)14-30-31-27(33)25-13-20-12-21(32(34)35)7-8-24(20)37-25/h1-14H,15H2,(H,31,33)/b30-14-. The molecule has 0 spiro atoms. The summed E-state index contributed by atoms with van der Waals surface area (Å²) in [5.41, 5.74) is 4.43. The zero-order valence-electron chi connectivity index (χ0n) is 19.0. The summed E-state index contributed by atoms with van der Waals surface area (Å²) >= 11 is 5.72. The molecule has 0 aliphatic carbocycles. The number of hydrogen-bond acceptors (Lipinski definition) is 6. The van der Waals surface area contributed by atoms with E-state index in [2.05, 4.69) is 86.0 Å². The number of hydrazone groups is 1. The van der Waals surface area contributed by atoms with Crippen molar-refractivity contribution in [2.24, 2.45) is 5.10 Å². The first-order valence-corrected chi connectivity index (χ1v) is 14.0. The molecule has 5 rings (SSSR count). The van der Waals surface area contributed by atoms with Crippen LogP contribution in [0.25, 0.3) is 20.9 Å². The monoisotopic (exact) mass is 733 g/mol. The smallest absolute Gasteiger partial charge is 0.281 e. The van der Waals surface area contributed by atoms with E-state index in [4.69, 9.17) is 4.74 Å². The van der Waals surface area contributed by atoms with Crippen molar-refractivity contribution in [3.8, 4) is 5.75 Å². The fraction of sp³-hybridized carbons (Fsp3) is 0.0370. The maximum absolute atomic E-state index is 12.5. The van der Waals surface area contributed by atoms with Crippen molar-refractivity contribution in [1.29, 1.82) is 0 Å². The fourth-order valence-corrected chi connectivity index (χ4v) is 6.81. The number of fused-ring (bicyclic) bond motifs is 2. The van der Waals surface area contributed by atoms with E-state index in [-0.39, 0.29) is 11.6 Å². The number of carbonyl (C=O) groups excluding carboxylic acids is 1. The Morgan fingerprint density at radius 3 is 2.49 bits per heavy atom. The van der Waals surface area contributed by atoms with Crippen LogP contribution in [0.4, 0.5) is 5.69 Å². The van der Waals surface area contributed by atoms with Crippen molar-refractivity contribution in [2.75, 3.05) is 0 Å². The highest BCUT2D eigenvalue weighted by molar-refractivity contribution is 14.1. The van der Waals surface area contributed by atoms with Gasteiger partial charge in [0.15, 0.2) is 0 Å². The average Bonchev–Trinajstić information content (AvgIpc) is 3.32. The number of benzene rings is 4. The van der Waals surface area contributed by atoms with Crippen LogP contribution in [0.2, 0.25) is 0 Å². The van der Waals surface area contributed by atoms with Crippen LogP contribution >= 0.6 is 56.5 Å². The lowest BCUT2D eigenvalue weighted by molar-refractivity contribution is -0.384. The molecule has 0 fully saturated rings. The summed E-state index contributed by atoms with van der Waals surface area (Å²) in [6, 6.07) is 24.6. The lowest BCUT2D eigenvalue weighted by Crippen LogP contribution is -2.16. The molecular weight excluding hydrogens is 716 g/mol. The third-order valence-corrected chi connectivity index (χ3v) is 8.25. The van der Waals surface area contributed by atoms with E-state index >= 15 is 0 Å². The number of rotatable bonds is 7. The van der Waals surface area contributed by atoms with E-state index in [0.717, 1.165) is 28.7 Å². The zero-order chi connectivity index (χ0) is 25.9. The lowest BCUT2D eigenvalue weighted by atomic mass is 10.1. The van der Waals surface area contributed by atoms with Gasteiger partial charge in [0.25, 0.3) is 11.6 Å². The highest BCUT2D eigenvalue weighted by atomic mass is 127. The summed E-state index contributed by atoms with van der Waals surface area (Å²) in [4.78, 5) is 23.5. The third-order valence-electron chi connectivity index (χ3n) is 5.53. The molecule has 7 nitrogen and oxygen atoms in total. The van der Waals surface area contributed by atoms with Gasteiger partial charge in [0.1, 0.15) is 12.4 Å². The van der Waals surface area contributed by atoms with Gasteiger partial charge in [-0.1, -0.05) is 36.4 Å². The normalized spacial score (nSPS) is 11.3. The maximum Gasteiger partial charge on any atom is 0.281 e. The number of nitro groups is 1. The maximum atomic E-state index is 12.5. The number of nitrogens with one attached hydrogen (secondary N) is 1. The van der Waals surface area contributed by atoms with Crippen molar-refractivity contribution < 1.29 is 14.5 Å². The molecule has 0 bridgehead atoms. The summed E-state index contributed by atoms with van der Waals surface area (Å²) in [6.07, 6.45) is 1.58. The van der Waals surface area contributed by atoms with E-state index in [1.54, 1.807) is 18.3 Å². The Labute approximate surface area is 243 Å². The molecule has 0 atom stereocenters. The summed E-state index contributed by atoms with van der Waals surface area (Å²) in [6.45, 7) is 0.457. The van der Waals surface area contributed by atoms with E-state index in [1.165, 1.54) is 34.2 Å². The van der Waals surface area contributed by atoms with E-state index in [1.807, 2.05) is 24.3 Å². The molecule has 1 N–H and O–H groups in total. The average molecular weight is 733 g/mol. The van der Waals surface area contributed by atoms with Gasteiger partial charge in [-0.2, -0.15) is 5.10 Å². The topological polar surface area (TPSA) is 93.8 Å². The van der Waals surface area contributed by atoms with Crippen molar-refractivity contribution in [2.45, 2.75) is 6.61 Å². The Kier molecular flexibility index (Phi) is 7.67. The molecule has 0 aliphatic rings. The van der Waals surface area contributed by atoms with Gasteiger partial charge in [0, 0.05) is 22.2 Å². The van der Waals surface area contributed by atoms with Gasteiger partial charge in [-0.3, -0.25) is 14.9 Å². The first kappa shape index (κ1) is 25.5. The van der Waals surface area contributed by atoms with Gasteiger partial charge in [0.2, 0.25) is 0 Å². The molecule has 0 unspecified atom stereocenters. The van der Waals surface area contributed by atoms with Crippen LogP contribution in [0.5, 0.6) is 5.75 Å². The van der Waals surface area contributed by atoms with Crippen molar-refractivity contribution in [3.63, 3.8) is 0 Å². The summed E-state index contributed by atoms with van der Waals surface area (Å²) < 4.78 is 8.80. The van der Waals surface area contributed by atoms with Crippen LogP contribution in [0.3, 0.4) is 0 Å². The minimum atomic E-state index is -0.455. The highest BCUT2D eigenvalue weighted by Crippen LogP contribution is 2.30. The van der Waals surface area contributed by atoms with Gasteiger partial charge in [-0.05, 0) is 97.4 Å². The molecule has 1 aromatic heterocycles. The van der Waals surface area contributed by atoms with Gasteiger partial charge in [0.05, 0.1) is 23.2 Å². The molecule has 184 valence electrons. The summed E-state index contributed by atoms with van der Waals surface area (Å²) in [5.74, 6) is 0.426. The Morgan fingerprint density at radius 1 is 0.973 bits per heavy atom. The quantitative estimate of drug-likeness (QED) is 0.0812. The molecule has 4 aromatic carbocycles. The van der Waals surface area contributed by atoms with Crippen molar-refractivity contribution >= 4 is 95.2 Å². The van der Waals surface area contributed by atoms with E-state index in [0.29, 0.717) is 16.9 Å². The Hall–Kier alpha value is -3.10. The van der Waals surface area contributed by atoms with Gasteiger partial charge < -0.3 is 4.74 Å². The molecule has 10 heteroatoms. The number of non-ortho nitro benzene ring substituents is 1. The Bertz CT molecular complexity index is 1680. The highest BCUT2D eigenvalue weighted by Gasteiger charge is 2.13. The van der Waals surface area contributed by atoms with Crippen LogP contribution in [-0.4, -0.2) is 17.0 Å². The first-order chi connectivity index (χ1) is 17.9. The molecule has 1 amide bonds. The number of nitrogens with zero attached hydrogens (tertiary/aromatic N) is 2. The lowest BCUT2D eigenvalue weighted by Gasteiger charge is -2.12. The minimum absolute atomic E-state index is 0.0100. The second kappa shape index (κ2) is 11.1. The molecule has 0 saturated heterocycles. The molecule has 0 saturated carbocycles. The Balaban J connectivity index is 1.24. The number of ether oxygens (including phenoxy) is 1. The number of carbonyl (C=O) groups is 1. The molecule has 5 aromatic rings. The predicted octanol–water partition coefficient (Wildman–Crippen LogP) is 7.51. The summed E-state index contributed by atoms with van der Waals surface area (Å²) in [7, 11) is 0. The SMILES string of the molecule is O=C(N/N=C\c1cc(I)c(OCc2ccc3ccccc3c2)c(I)c1)c1cc2cc([N+](=O)[O-])ccc2s1. The van der Waals surface area contributed by atoms with Crippen molar-refractivity contribution in [3.05, 3.63) is 112 Å². The third kappa shape index (κ3) is 5.91. The molecule has 0 radical (unpaired) electrons. The van der Waals surface area contributed by atoms with Crippen LogP contribution in [-0.2, 0) is 6.61 Å². The minimum Gasteiger partial charge on any atom is -0.487 e. The largest absolute Gasteiger partial charge is 0.487 e. The van der Waals surface area contributed by atoms with Gasteiger partial charge in [-0.15, -0.1) is 11.3 Å². The first-order valence-electron chi connectivity index (χ1n) is 11.0. The van der Waals surface area contributed by atoms with Gasteiger partial charge in [-0.25, -0.2) is 5.43 Å². The van der Waals surface area contributed by atoms with Crippen molar-refractivity contribution in [1.82, 2.24) is 5.43 Å². The van der Waals surface area contributed by atoms with Crippen LogP contribution < -0.4 is 10.2 Å². The zero-order valence-corrected chi connectivity index (χ0v) is 24.1. The Morgan fingerprint density at radius 2 is 1.73 bits per heavy atom. The second-order valence-corrected chi connectivity index (χ2v) is 11.5. The van der Waals surface area contributed by atoms with Crippen LogP contribution in [0.15, 0.2) is 84.0 Å².